The molecule has 4 aromatic rings. The number of carbonyl (C=O) groups is 2. The number of nitrogens with one attached hydrogen (secondary N) is 1. The Morgan fingerprint density at radius 2 is 1.74 bits per heavy atom. The fraction of sp³-hybridized carbons (Fsp3) is 0.343. The Bertz CT molecular complexity index is 1650. The first-order chi connectivity index (χ1) is 22.2. The van der Waals surface area contributed by atoms with Crippen molar-refractivity contribution in [1.82, 2.24) is 19.9 Å². The van der Waals surface area contributed by atoms with Gasteiger partial charge in [-0.05, 0) is 93.6 Å². The fourth-order valence-corrected chi connectivity index (χ4v) is 7.14. The summed E-state index contributed by atoms with van der Waals surface area (Å²) >= 11 is 2.78. The molecule has 0 radical (unpaired) electrons. The Kier molecular flexibility index (Phi) is 11.1. The first-order valence-corrected chi connectivity index (χ1v) is 17.1. The van der Waals surface area contributed by atoms with Crippen LogP contribution >= 0.6 is 23.1 Å². The zero-order valence-corrected chi connectivity index (χ0v) is 28.5. The smallest absolute Gasteiger partial charge is 0.247 e. The Morgan fingerprint density at radius 3 is 2.37 bits per heavy atom. The number of amides is 2. The van der Waals surface area contributed by atoms with Crippen LogP contribution in [-0.4, -0.2) is 64.7 Å². The summed E-state index contributed by atoms with van der Waals surface area (Å²) in [5, 5.41) is 6.41. The highest BCUT2D eigenvalue weighted by atomic mass is 32.2. The Morgan fingerprint density at radius 1 is 1.02 bits per heavy atom. The van der Waals surface area contributed by atoms with E-state index in [1.165, 1.54) is 23.1 Å². The molecule has 0 fully saturated rings. The molecule has 1 aliphatic rings. The van der Waals surface area contributed by atoms with E-state index in [2.05, 4.69) is 27.4 Å². The first-order valence-electron chi connectivity index (χ1n) is 15.3. The van der Waals surface area contributed by atoms with Crippen LogP contribution in [0, 0.1) is 19.8 Å². The highest BCUT2D eigenvalue weighted by Gasteiger charge is 2.37. The minimum absolute atomic E-state index is 0.0431. The van der Waals surface area contributed by atoms with Crippen molar-refractivity contribution < 1.29 is 14.3 Å². The van der Waals surface area contributed by atoms with Crippen LogP contribution in [0.3, 0.4) is 0 Å². The van der Waals surface area contributed by atoms with Crippen LogP contribution in [0.25, 0.3) is 11.3 Å². The van der Waals surface area contributed by atoms with Crippen LogP contribution in [-0.2, 0) is 16.1 Å². The number of hydrogen-bond acceptors (Lipinski definition) is 9. The van der Waals surface area contributed by atoms with Gasteiger partial charge in [0.05, 0.1) is 25.1 Å². The van der Waals surface area contributed by atoms with E-state index >= 15 is 0 Å². The number of allylic oxidation sites excluding steroid dienone is 2. The molecular weight excluding hydrogens is 617 g/mol. The summed E-state index contributed by atoms with van der Waals surface area (Å²) in [4.78, 5) is 46.1. The van der Waals surface area contributed by atoms with Crippen molar-refractivity contribution in [3.8, 4) is 17.0 Å². The number of nitrogens with zero attached hydrogens (tertiary/aromatic N) is 5. The number of hydrogen-bond donors (Lipinski definition) is 1. The van der Waals surface area contributed by atoms with E-state index in [4.69, 9.17) is 9.72 Å². The lowest BCUT2D eigenvalue weighted by molar-refractivity contribution is -0.139. The van der Waals surface area contributed by atoms with Crippen LogP contribution in [0.1, 0.15) is 35.7 Å². The van der Waals surface area contributed by atoms with Crippen molar-refractivity contribution in [2.75, 3.05) is 37.2 Å². The lowest BCUT2D eigenvalue weighted by atomic mass is 9.86. The third kappa shape index (κ3) is 8.52. The molecule has 0 bridgehead atoms. The summed E-state index contributed by atoms with van der Waals surface area (Å²) in [5.74, 6) is 0.465. The molecule has 0 aliphatic heterocycles. The molecule has 2 atom stereocenters. The summed E-state index contributed by atoms with van der Waals surface area (Å²) in [5.41, 5.74) is 5.19. The number of aryl methyl sites for hydroxylation is 2. The van der Waals surface area contributed by atoms with Crippen molar-refractivity contribution >= 4 is 46.3 Å². The van der Waals surface area contributed by atoms with Crippen LogP contribution < -0.4 is 15.0 Å². The zero-order chi connectivity index (χ0) is 32.6. The van der Waals surface area contributed by atoms with Crippen LogP contribution in [0.15, 0.2) is 77.3 Å². The number of rotatable bonds is 12. The molecule has 5 rings (SSSR count). The van der Waals surface area contributed by atoms with E-state index in [1.54, 1.807) is 12.0 Å². The summed E-state index contributed by atoms with van der Waals surface area (Å²) in [6.45, 7) is 4.04. The van der Waals surface area contributed by atoms with E-state index in [1.807, 2.05) is 92.8 Å². The average Bonchev–Trinajstić information content (AvgIpc) is 3.52. The minimum Gasteiger partial charge on any atom is -0.497 e. The molecule has 0 saturated heterocycles. The number of anilines is 2. The second kappa shape index (κ2) is 15.4. The van der Waals surface area contributed by atoms with Crippen molar-refractivity contribution in [2.45, 2.75) is 50.9 Å². The number of methoxy groups -OCH3 is 1. The molecule has 46 heavy (non-hydrogen) atoms. The maximum absolute atomic E-state index is 14.2. The van der Waals surface area contributed by atoms with Gasteiger partial charge in [0, 0.05) is 47.8 Å². The highest BCUT2D eigenvalue weighted by Crippen LogP contribution is 2.31. The molecule has 1 N–H and O–H groups in total. The van der Waals surface area contributed by atoms with E-state index in [9.17, 15) is 9.59 Å². The monoisotopic (exact) mass is 656 g/mol. The second-order valence-corrected chi connectivity index (χ2v) is 13.4. The van der Waals surface area contributed by atoms with Gasteiger partial charge in [-0.2, -0.15) is 0 Å². The van der Waals surface area contributed by atoms with Crippen molar-refractivity contribution in [3.63, 3.8) is 0 Å². The predicted molar refractivity (Wildman–Crippen MR) is 187 cm³/mol. The van der Waals surface area contributed by atoms with Gasteiger partial charge in [0.1, 0.15) is 16.8 Å². The average molecular weight is 657 g/mol. The SMILES string of the molecule is COc1ccc(-c2csc(CN(C(=O)CSc3nc(C)cc(C)n3)C(C(=O)Nc3ccc(N(C)C)cc3)C3CC=CCC3)n2)cc1. The van der Waals surface area contributed by atoms with E-state index in [0.717, 1.165) is 51.9 Å². The van der Waals surface area contributed by atoms with Crippen molar-refractivity contribution in [1.29, 1.82) is 0 Å². The maximum Gasteiger partial charge on any atom is 0.247 e. The van der Waals surface area contributed by atoms with Gasteiger partial charge in [-0.1, -0.05) is 23.9 Å². The molecule has 0 spiro atoms. The number of aromatic nitrogens is 3. The molecule has 2 amide bonds. The van der Waals surface area contributed by atoms with Gasteiger partial charge < -0.3 is 19.9 Å². The van der Waals surface area contributed by atoms with Gasteiger partial charge >= 0.3 is 0 Å². The predicted octanol–water partition coefficient (Wildman–Crippen LogP) is 6.78. The minimum atomic E-state index is -0.694. The third-order valence-electron chi connectivity index (χ3n) is 7.86. The number of ether oxygens (including phenoxy) is 1. The molecule has 2 heterocycles. The second-order valence-electron chi connectivity index (χ2n) is 11.5. The van der Waals surface area contributed by atoms with E-state index in [-0.39, 0.29) is 30.0 Å². The first kappa shape index (κ1) is 33.2. The summed E-state index contributed by atoms with van der Waals surface area (Å²) in [6, 6.07) is 16.7. The Balaban J connectivity index is 1.45. The fourth-order valence-electron chi connectivity index (χ4n) is 5.51. The van der Waals surface area contributed by atoms with Crippen molar-refractivity contribution in [2.24, 2.45) is 5.92 Å². The van der Waals surface area contributed by atoms with Crippen LogP contribution in [0.5, 0.6) is 5.75 Å². The van der Waals surface area contributed by atoms with Gasteiger partial charge in [-0.25, -0.2) is 15.0 Å². The van der Waals surface area contributed by atoms with E-state index in [0.29, 0.717) is 17.3 Å². The third-order valence-corrected chi connectivity index (χ3v) is 9.53. The summed E-state index contributed by atoms with van der Waals surface area (Å²) in [6.07, 6.45) is 6.64. The highest BCUT2D eigenvalue weighted by molar-refractivity contribution is 7.99. The number of thioether (sulfide) groups is 1. The summed E-state index contributed by atoms with van der Waals surface area (Å²) < 4.78 is 5.30. The van der Waals surface area contributed by atoms with Gasteiger partial charge in [0.25, 0.3) is 0 Å². The Labute approximate surface area is 279 Å². The van der Waals surface area contributed by atoms with Crippen LogP contribution in [0.2, 0.25) is 0 Å². The lowest BCUT2D eigenvalue weighted by Gasteiger charge is -2.36. The molecular formula is C35H40N6O3S2. The van der Waals surface area contributed by atoms with E-state index < -0.39 is 6.04 Å². The molecule has 11 heteroatoms. The standard InChI is InChI=1S/C35H40N6O3S2/c1-23-19-24(2)37-35(36-23)46-22-32(42)41(20-31-39-30(21-45-31)25-11-17-29(44-5)18-12-25)33(26-9-7-6-8-10-26)34(43)38-27-13-15-28(16-14-27)40(3)4/h6-7,11-19,21,26,33H,8-10,20,22H2,1-5H3,(H,38,43). The molecule has 240 valence electrons. The van der Waals surface area contributed by atoms with Gasteiger partial charge in [-0.3, -0.25) is 9.59 Å². The number of benzene rings is 2. The quantitative estimate of drug-likeness (QED) is 0.101. The van der Waals surface area contributed by atoms with Gasteiger partial charge in [0.2, 0.25) is 11.8 Å². The number of thiazole rings is 1. The van der Waals surface area contributed by atoms with Gasteiger partial charge in [-0.15, -0.1) is 11.3 Å². The molecule has 0 saturated carbocycles. The Hall–Kier alpha value is -4.22. The molecule has 2 aromatic carbocycles. The number of carbonyl (C=O) groups excluding carboxylic acids is 2. The normalized spacial score (nSPS) is 14.8. The van der Waals surface area contributed by atoms with Crippen LogP contribution in [0.4, 0.5) is 11.4 Å². The maximum atomic E-state index is 14.2. The molecule has 1 aliphatic carbocycles. The molecule has 2 unspecified atom stereocenters. The summed E-state index contributed by atoms with van der Waals surface area (Å²) in [7, 11) is 5.59. The largest absolute Gasteiger partial charge is 0.497 e. The van der Waals surface area contributed by atoms with Crippen molar-refractivity contribution in [3.05, 3.63) is 88.5 Å². The van der Waals surface area contributed by atoms with Gasteiger partial charge in [0.15, 0.2) is 5.16 Å². The molecule has 2 aromatic heterocycles. The zero-order valence-electron chi connectivity index (χ0n) is 26.9. The molecule has 9 nitrogen and oxygen atoms in total. The lowest BCUT2D eigenvalue weighted by Crippen LogP contribution is -2.51. The topological polar surface area (TPSA) is 101 Å².